The van der Waals surface area contributed by atoms with Crippen LogP contribution in [0.15, 0.2) is 17.8 Å². The van der Waals surface area contributed by atoms with Gasteiger partial charge in [0.2, 0.25) is 11.5 Å². The highest BCUT2D eigenvalue weighted by Gasteiger charge is 2.41. The molecule has 0 saturated carbocycles. The number of aliphatic hydroxyl groups excluding tert-OH is 1. The van der Waals surface area contributed by atoms with Gasteiger partial charge in [0.15, 0.2) is 0 Å². The molecule has 104 valence electrons. The van der Waals surface area contributed by atoms with E-state index in [9.17, 15) is 24.8 Å². The van der Waals surface area contributed by atoms with Crippen molar-refractivity contribution in [3.8, 4) is 0 Å². The number of nitrogens with zero attached hydrogens (tertiary/aromatic N) is 1. The Bertz CT molecular complexity index is 672. The Morgan fingerprint density at radius 2 is 1.55 bits per heavy atom. The van der Waals surface area contributed by atoms with Gasteiger partial charge in [-0.25, -0.2) is 0 Å². The Hall–Kier alpha value is -2.50. The quantitative estimate of drug-likeness (QED) is 0.517. The molecule has 1 N–H and O–H groups in total. The molecule has 0 fully saturated rings. The van der Waals surface area contributed by atoms with E-state index in [1.807, 2.05) is 13.8 Å². The molecule has 0 radical (unpaired) electrons. The second-order valence-corrected chi connectivity index (χ2v) is 4.49. The average Bonchev–Trinajstić information content (AvgIpc) is 2.43. The number of fused-ring (bicyclic) bond motifs is 1. The van der Waals surface area contributed by atoms with Gasteiger partial charge in [-0.05, 0) is 36.1 Å². The number of benzene rings is 1. The summed E-state index contributed by atoms with van der Waals surface area (Å²) in [5, 5.41) is 20.8. The Morgan fingerprint density at radius 3 is 2.00 bits per heavy atom. The molecule has 6 heteroatoms. The molecular formula is C14H13NO5. The predicted molar refractivity (Wildman–Crippen MR) is 71.1 cm³/mol. The van der Waals surface area contributed by atoms with Gasteiger partial charge >= 0.3 is 11.5 Å². The first-order chi connectivity index (χ1) is 9.42. The van der Waals surface area contributed by atoms with Crippen LogP contribution in [0, 0.1) is 10.1 Å². The van der Waals surface area contributed by atoms with Crippen molar-refractivity contribution in [2.45, 2.75) is 26.7 Å². The molecule has 0 aliphatic heterocycles. The monoisotopic (exact) mass is 275 g/mol. The van der Waals surface area contributed by atoms with E-state index < -0.39 is 27.9 Å². The van der Waals surface area contributed by atoms with Gasteiger partial charge in [-0.1, -0.05) is 13.8 Å². The molecule has 0 heterocycles. The van der Waals surface area contributed by atoms with Gasteiger partial charge in [0, 0.05) is 11.1 Å². The van der Waals surface area contributed by atoms with E-state index in [4.69, 9.17) is 0 Å². The fourth-order valence-corrected chi connectivity index (χ4v) is 2.37. The van der Waals surface area contributed by atoms with Gasteiger partial charge in [-0.2, -0.15) is 0 Å². The van der Waals surface area contributed by atoms with Crippen molar-refractivity contribution < 1.29 is 19.6 Å². The number of hydrogen-bond donors (Lipinski definition) is 1. The van der Waals surface area contributed by atoms with Crippen LogP contribution >= 0.6 is 0 Å². The molecule has 1 aliphatic carbocycles. The molecule has 0 atom stereocenters. The van der Waals surface area contributed by atoms with Gasteiger partial charge in [0.1, 0.15) is 0 Å². The summed E-state index contributed by atoms with van der Waals surface area (Å²) in [5.41, 5.74) is 0.837. The number of carbonyl (C=O) groups is 2. The standard InChI is InChI=1S/C14H13NO5/c1-3-7-5-9-10(6-8(7)4-2)13(17)14(18)11(12(9)16)15(19)20/h5-6,16H,3-4H2,1-2H3. The van der Waals surface area contributed by atoms with Crippen LogP contribution in [0.25, 0.3) is 5.76 Å². The fraction of sp³-hybridized carbons (Fsp3) is 0.286. The van der Waals surface area contributed by atoms with E-state index in [-0.39, 0.29) is 11.1 Å². The lowest BCUT2D eigenvalue weighted by Gasteiger charge is -2.16. The second kappa shape index (κ2) is 4.88. The first-order valence-electron chi connectivity index (χ1n) is 6.25. The third-order valence-corrected chi connectivity index (χ3v) is 3.43. The molecule has 6 nitrogen and oxygen atoms in total. The van der Waals surface area contributed by atoms with E-state index in [1.54, 1.807) is 12.1 Å². The molecule has 20 heavy (non-hydrogen) atoms. The van der Waals surface area contributed by atoms with Crippen LogP contribution in [0.4, 0.5) is 0 Å². The zero-order chi connectivity index (χ0) is 15.0. The molecule has 1 aliphatic rings. The Labute approximate surface area is 114 Å². The van der Waals surface area contributed by atoms with Crippen molar-refractivity contribution >= 4 is 17.3 Å². The second-order valence-electron chi connectivity index (χ2n) is 4.49. The van der Waals surface area contributed by atoms with Gasteiger partial charge < -0.3 is 5.11 Å². The topological polar surface area (TPSA) is 97.5 Å². The molecule has 0 amide bonds. The highest BCUT2D eigenvalue weighted by molar-refractivity contribution is 6.51. The number of aryl methyl sites for hydroxylation is 2. The van der Waals surface area contributed by atoms with Crippen molar-refractivity contribution in [3.05, 3.63) is 50.2 Å². The average molecular weight is 275 g/mol. The van der Waals surface area contributed by atoms with Gasteiger partial charge in [0.25, 0.3) is 0 Å². The summed E-state index contributed by atoms with van der Waals surface area (Å²) in [7, 11) is 0. The third-order valence-electron chi connectivity index (χ3n) is 3.43. The summed E-state index contributed by atoms with van der Waals surface area (Å²) in [5.74, 6) is -2.94. The van der Waals surface area contributed by atoms with Gasteiger partial charge in [0.05, 0.1) is 4.92 Å². The smallest absolute Gasteiger partial charge is 0.362 e. The van der Waals surface area contributed by atoms with Crippen LogP contribution in [0.5, 0.6) is 0 Å². The maximum Gasteiger partial charge on any atom is 0.362 e. The lowest BCUT2D eigenvalue weighted by atomic mass is 9.87. The maximum atomic E-state index is 11.9. The highest BCUT2D eigenvalue weighted by Crippen LogP contribution is 2.31. The van der Waals surface area contributed by atoms with Crippen molar-refractivity contribution in [2.24, 2.45) is 0 Å². The number of hydrogen-bond acceptors (Lipinski definition) is 5. The number of rotatable bonds is 3. The molecular weight excluding hydrogens is 262 g/mol. The van der Waals surface area contributed by atoms with E-state index in [2.05, 4.69) is 0 Å². The number of carbonyl (C=O) groups excluding carboxylic acids is 2. The van der Waals surface area contributed by atoms with Crippen LogP contribution in [0.3, 0.4) is 0 Å². The zero-order valence-corrected chi connectivity index (χ0v) is 11.1. The van der Waals surface area contributed by atoms with Crippen molar-refractivity contribution in [1.29, 1.82) is 0 Å². The molecule has 0 bridgehead atoms. The minimum Gasteiger partial charge on any atom is -0.502 e. The molecule has 2 rings (SSSR count). The summed E-state index contributed by atoms with van der Waals surface area (Å²) in [6.07, 6.45) is 1.34. The Balaban J connectivity index is 2.80. The van der Waals surface area contributed by atoms with Gasteiger partial charge in [-0.3, -0.25) is 19.7 Å². The summed E-state index contributed by atoms with van der Waals surface area (Å²) >= 11 is 0. The van der Waals surface area contributed by atoms with Crippen LogP contribution in [0.1, 0.15) is 40.9 Å². The van der Waals surface area contributed by atoms with E-state index >= 15 is 0 Å². The van der Waals surface area contributed by atoms with Crippen molar-refractivity contribution in [1.82, 2.24) is 0 Å². The Kier molecular flexibility index (Phi) is 3.40. The normalized spacial score (nSPS) is 14.5. The molecule has 1 aromatic carbocycles. The molecule has 0 unspecified atom stereocenters. The van der Waals surface area contributed by atoms with Crippen LogP contribution in [-0.4, -0.2) is 21.6 Å². The first-order valence-corrected chi connectivity index (χ1v) is 6.25. The minimum absolute atomic E-state index is 0.0344. The molecule has 0 aromatic heterocycles. The predicted octanol–water partition coefficient (Wildman–Crippen LogP) is 2.08. The largest absolute Gasteiger partial charge is 0.502 e. The summed E-state index contributed by atoms with van der Waals surface area (Å²) in [4.78, 5) is 33.4. The van der Waals surface area contributed by atoms with E-state index in [0.717, 1.165) is 11.1 Å². The van der Waals surface area contributed by atoms with Crippen LogP contribution in [0.2, 0.25) is 0 Å². The van der Waals surface area contributed by atoms with Crippen molar-refractivity contribution in [3.63, 3.8) is 0 Å². The zero-order valence-electron chi connectivity index (χ0n) is 11.1. The summed E-state index contributed by atoms with van der Waals surface area (Å²) < 4.78 is 0. The fourth-order valence-electron chi connectivity index (χ4n) is 2.37. The SMILES string of the molecule is CCc1cc2c(cc1CC)C(O)=C([N+](=O)[O-])C(=O)C2=O. The van der Waals surface area contributed by atoms with Crippen LogP contribution in [-0.2, 0) is 17.6 Å². The lowest BCUT2D eigenvalue weighted by Crippen LogP contribution is -2.28. The third kappa shape index (κ3) is 1.89. The lowest BCUT2D eigenvalue weighted by molar-refractivity contribution is -0.418. The van der Waals surface area contributed by atoms with Gasteiger partial charge in [-0.15, -0.1) is 0 Å². The molecule has 1 aromatic rings. The number of nitro groups is 1. The number of allylic oxidation sites excluding steroid dienone is 1. The minimum atomic E-state index is -1.27. The summed E-state index contributed by atoms with van der Waals surface area (Å²) in [6.45, 7) is 3.82. The highest BCUT2D eigenvalue weighted by atomic mass is 16.6. The van der Waals surface area contributed by atoms with Crippen LogP contribution < -0.4 is 0 Å². The van der Waals surface area contributed by atoms with E-state index in [0.29, 0.717) is 12.8 Å². The maximum absolute atomic E-state index is 11.9. The molecule has 0 saturated heterocycles. The number of ketones is 2. The summed E-state index contributed by atoms with van der Waals surface area (Å²) in [6, 6.07) is 3.10. The number of Topliss-reactive ketones (excluding diaryl/α,β-unsaturated/α-hetero) is 2. The Morgan fingerprint density at radius 1 is 1.05 bits per heavy atom. The van der Waals surface area contributed by atoms with Crippen molar-refractivity contribution in [2.75, 3.05) is 0 Å². The first kappa shape index (κ1) is 13.9. The number of aliphatic hydroxyl groups is 1. The molecule has 0 spiro atoms. The van der Waals surface area contributed by atoms with E-state index in [1.165, 1.54) is 0 Å².